The first-order chi connectivity index (χ1) is 8.54. The number of benzene rings is 2. The van der Waals surface area contributed by atoms with Crippen LogP contribution in [-0.2, 0) is 0 Å². The molecule has 0 unspecified atom stereocenters. The molecule has 0 aliphatic carbocycles. The molecule has 18 heavy (non-hydrogen) atoms. The normalized spacial score (nSPS) is 10.5. The Balaban J connectivity index is 2.62. The maximum Gasteiger partial charge on any atom is 0.172 e. The number of methoxy groups -OCH3 is 1. The predicted molar refractivity (Wildman–Crippen MR) is 73.4 cm³/mol. The lowest BCUT2D eigenvalue weighted by Crippen LogP contribution is -1.91. The largest absolute Gasteiger partial charge is 0.494 e. The Bertz CT molecular complexity index is 576. The lowest BCUT2D eigenvalue weighted by Gasteiger charge is -2.09. The predicted octanol–water partition coefficient (Wildman–Crippen LogP) is 5.46. The van der Waals surface area contributed by atoms with E-state index in [1.807, 2.05) is 0 Å². The SMILES string of the molecule is COc1cccc(-c2cc(Cl)c(Cl)c(Cl)c2)c1F. The van der Waals surface area contributed by atoms with Crippen LogP contribution >= 0.6 is 34.8 Å². The first kappa shape index (κ1) is 13.5. The van der Waals surface area contributed by atoms with Crippen LogP contribution in [0.5, 0.6) is 5.75 Å². The van der Waals surface area contributed by atoms with Crippen LogP contribution < -0.4 is 4.74 Å². The van der Waals surface area contributed by atoms with E-state index >= 15 is 0 Å². The Kier molecular flexibility index (Phi) is 4.00. The Labute approximate surface area is 119 Å². The summed E-state index contributed by atoms with van der Waals surface area (Å²) in [6.45, 7) is 0. The Morgan fingerprint density at radius 3 is 2.22 bits per heavy atom. The maximum absolute atomic E-state index is 14.1. The van der Waals surface area contributed by atoms with Crippen molar-refractivity contribution >= 4 is 34.8 Å². The van der Waals surface area contributed by atoms with E-state index in [2.05, 4.69) is 0 Å². The summed E-state index contributed by atoms with van der Waals surface area (Å²) in [7, 11) is 1.41. The number of hydrogen-bond donors (Lipinski definition) is 0. The molecule has 0 aliphatic rings. The van der Waals surface area contributed by atoms with Gasteiger partial charge in [-0.2, -0.15) is 0 Å². The molecule has 2 aromatic rings. The summed E-state index contributed by atoms with van der Waals surface area (Å²) in [5.41, 5.74) is 0.903. The van der Waals surface area contributed by atoms with Gasteiger partial charge in [0.2, 0.25) is 0 Å². The van der Waals surface area contributed by atoms with Gasteiger partial charge in [0.05, 0.1) is 22.2 Å². The van der Waals surface area contributed by atoms with E-state index in [1.54, 1.807) is 24.3 Å². The highest BCUT2D eigenvalue weighted by Crippen LogP contribution is 2.37. The average Bonchev–Trinajstić information content (AvgIpc) is 2.35. The van der Waals surface area contributed by atoms with Gasteiger partial charge in [0.15, 0.2) is 11.6 Å². The number of ether oxygens (including phenoxy) is 1. The zero-order chi connectivity index (χ0) is 13.3. The Morgan fingerprint density at radius 2 is 1.67 bits per heavy atom. The van der Waals surface area contributed by atoms with Crippen LogP contribution in [0.3, 0.4) is 0 Å². The molecule has 0 fully saturated rings. The Hall–Kier alpha value is -0.960. The van der Waals surface area contributed by atoms with E-state index in [4.69, 9.17) is 39.5 Å². The van der Waals surface area contributed by atoms with Crippen LogP contribution in [0.15, 0.2) is 30.3 Å². The number of hydrogen-bond acceptors (Lipinski definition) is 1. The summed E-state index contributed by atoms with van der Waals surface area (Å²) >= 11 is 17.7. The van der Waals surface area contributed by atoms with Crippen LogP contribution in [0, 0.1) is 5.82 Å². The third-order valence-electron chi connectivity index (χ3n) is 2.48. The van der Waals surface area contributed by atoms with Crippen molar-refractivity contribution in [2.45, 2.75) is 0 Å². The molecule has 2 rings (SSSR count). The number of rotatable bonds is 2. The van der Waals surface area contributed by atoms with Crippen LogP contribution in [0.2, 0.25) is 15.1 Å². The fourth-order valence-corrected chi connectivity index (χ4v) is 2.20. The minimum absolute atomic E-state index is 0.162. The quantitative estimate of drug-likeness (QED) is 0.669. The van der Waals surface area contributed by atoms with Crippen LogP contribution in [0.25, 0.3) is 11.1 Å². The van der Waals surface area contributed by atoms with Crippen LogP contribution in [0.4, 0.5) is 4.39 Å². The third-order valence-corrected chi connectivity index (χ3v) is 3.67. The van der Waals surface area contributed by atoms with Gasteiger partial charge in [-0.1, -0.05) is 46.9 Å². The highest BCUT2D eigenvalue weighted by atomic mass is 35.5. The third kappa shape index (κ3) is 2.41. The first-order valence-electron chi connectivity index (χ1n) is 5.02. The molecule has 94 valence electrons. The standard InChI is InChI=1S/C13H8Cl3FO/c1-18-11-4-2-3-8(13(11)17)7-5-9(14)12(16)10(15)6-7/h2-6H,1H3. The van der Waals surface area contributed by atoms with E-state index < -0.39 is 5.82 Å². The molecule has 0 atom stereocenters. The molecular formula is C13H8Cl3FO. The van der Waals surface area contributed by atoms with Crippen LogP contribution in [0.1, 0.15) is 0 Å². The first-order valence-corrected chi connectivity index (χ1v) is 6.15. The molecule has 0 N–H and O–H groups in total. The van der Waals surface area contributed by atoms with Crippen molar-refractivity contribution in [2.75, 3.05) is 7.11 Å². The summed E-state index contributed by atoms with van der Waals surface area (Å²) in [6, 6.07) is 7.97. The van der Waals surface area contributed by atoms with E-state index in [1.165, 1.54) is 13.2 Å². The second-order valence-electron chi connectivity index (χ2n) is 3.58. The monoisotopic (exact) mass is 304 g/mol. The molecule has 0 heterocycles. The van der Waals surface area contributed by atoms with E-state index in [9.17, 15) is 4.39 Å². The van der Waals surface area contributed by atoms with Gasteiger partial charge in [-0.05, 0) is 23.8 Å². The second-order valence-corrected chi connectivity index (χ2v) is 4.77. The van der Waals surface area contributed by atoms with Gasteiger partial charge >= 0.3 is 0 Å². The van der Waals surface area contributed by atoms with E-state index in [0.717, 1.165) is 0 Å². The lowest BCUT2D eigenvalue weighted by molar-refractivity contribution is 0.387. The van der Waals surface area contributed by atoms with Gasteiger partial charge in [-0.25, -0.2) is 4.39 Å². The molecule has 0 bridgehead atoms. The molecule has 0 aromatic heterocycles. The van der Waals surface area contributed by atoms with Gasteiger partial charge in [0.25, 0.3) is 0 Å². The Morgan fingerprint density at radius 1 is 1.06 bits per heavy atom. The maximum atomic E-state index is 14.1. The van der Waals surface area contributed by atoms with Crippen molar-refractivity contribution in [3.05, 3.63) is 51.2 Å². The smallest absolute Gasteiger partial charge is 0.172 e. The van der Waals surface area contributed by atoms with Gasteiger partial charge in [-0.3, -0.25) is 0 Å². The number of halogens is 4. The fourth-order valence-electron chi connectivity index (χ4n) is 1.60. The van der Waals surface area contributed by atoms with Crippen molar-refractivity contribution in [1.82, 2.24) is 0 Å². The molecule has 0 radical (unpaired) electrons. The molecular weight excluding hydrogens is 297 g/mol. The van der Waals surface area contributed by atoms with Gasteiger partial charge in [-0.15, -0.1) is 0 Å². The van der Waals surface area contributed by atoms with Crippen LogP contribution in [-0.4, -0.2) is 7.11 Å². The molecule has 0 aliphatic heterocycles. The highest BCUT2D eigenvalue weighted by Gasteiger charge is 2.13. The molecule has 2 aromatic carbocycles. The summed E-state index contributed by atoms with van der Waals surface area (Å²) in [5.74, 6) is -0.302. The molecule has 0 saturated heterocycles. The molecule has 0 amide bonds. The lowest BCUT2D eigenvalue weighted by atomic mass is 10.0. The van der Waals surface area contributed by atoms with Gasteiger partial charge in [0.1, 0.15) is 0 Å². The summed E-state index contributed by atoms with van der Waals surface area (Å²) < 4.78 is 19.0. The van der Waals surface area contributed by atoms with Crippen molar-refractivity contribution in [3.8, 4) is 16.9 Å². The molecule has 5 heteroatoms. The highest BCUT2D eigenvalue weighted by molar-refractivity contribution is 6.48. The zero-order valence-electron chi connectivity index (χ0n) is 9.31. The molecule has 0 saturated carbocycles. The van der Waals surface area contributed by atoms with Gasteiger partial charge in [0, 0.05) is 5.56 Å². The molecule has 1 nitrogen and oxygen atoms in total. The van der Waals surface area contributed by atoms with Gasteiger partial charge < -0.3 is 4.74 Å². The fraction of sp³-hybridized carbons (Fsp3) is 0.0769. The topological polar surface area (TPSA) is 9.23 Å². The van der Waals surface area contributed by atoms with Crippen molar-refractivity contribution in [1.29, 1.82) is 0 Å². The van der Waals surface area contributed by atoms with Crippen molar-refractivity contribution in [3.63, 3.8) is 0 Å². The van der Waals surface area contributed by atoms with Crippen molar-refractivity contribution in [2.24, 2.45) is 0 Å². The summed E-state index contributed by atoms with van der Waals surface area (Å²) in [4.78, 5) is 0. The summed E-state index contributed by atoms with van der Waals surface area (Å²) in [6.07, 6.45) is 0. The minimum atomic E-state index is -0.463. The van der Waals surface area contributed by atoms with Crippen molar-refractivity contribution < 1.29 is 9.13 Å². The second kappa shape index (κ2) is 5.35. The summed E-state index contributed by atoms with van der Waals surface area (Å²) in [5, 5.41) is 0.813. The minimum Gasteiger partial charge on any atom is -0.494 e. The van der Waals surface area contributed by atoms with E-state index in [0.29, 0.717) is 11.1 Å². The average molecular weight is 306 g/mol. The zero-order valence-corrected chi connectivity index (χ0v) is 11.6. The van der Waals surface area contributed by atoms with E-state index in [-0.39, 0.29) is 20.8 Å². The molecule has 0 spiro atoms.